The van der Waals surface area contributed by atoms with E-state index in [1.807, 2.05) is 0 Å². The average molecular weight is 492 g/mol. The number of aromatic amines is 1. The van der Waals surface area contributed by atoms with Crippen molar-refractivity contribution < 1.29 is 19.5 Å². The van der Waals surface area contributed by atoms with Crippen molar-refractivity contribution in [2.75, 3.05) is 6.54 Å². The number of carbonyl (C=O) groups excluding carboxylic acids is 3. The summed E-state index contributed by atoms with van der Waals surface area (Å²) in [5, 5.41) is 16.4. The van der Waals surface area contributed by atoms with Crippen LogP contribution in [-0.4, -0.2) is 40.3 Å². The van der Waals surface area contributed by atoms with Crippen molar-refractivity contribution in [3.05, 3.63) is 18.2 Å². The van der Waals surface area contributed by atoms with Gasteiger partial charge in [-0.2, -0.15) is 0 Å². The van der Waals surface area contributed by atoms with Crippen LogP contribution >= 0.6 is 0 Å². The van der Waals surface area contributed by atoms with Crippen molar-refractivity contribution in [1.82, 2.24) is 20.6 Å². The molecule has 3 N–H and O–H groups in total. The second-order valence-electron chi connectivity index (χ2n) is 9.52. The Labute approximate surface area is 211 Å². The molecule has 0 fully saturated rings. The Balaban J connectivity index is 1.91. The van der Waals surface area contributed by atoms with Crippen LogP contribution in [0.5, 0.6) is 0 Å². The molecule has 0 radical (unpaired) electrons. The van der Waals surface area contributed by atoms with Crippen molar-refractivity contribution in [3.8, 4) is 0 Å². The number of unbranched alkanes of at least 4 members (excludes halogenated alkanes) is 14. The summed E-state index contributed by atoms with van der Waals surface area (Å²) >= 11 is 0. The molecule has 2 amide bonds. The third-order valence-corrected chi connectivity index (χ3v) is 6.28. The van der Waals surface area contributed by atoms with Crippen molar-refractivity contribution >= 4 is 17.8 Å². The van der Waals surface area contributed by atoms with Gasteiger partial charge in [-0.15, -0.1) is 0 Å². The van der Waals surface area contributed by atoms with Crippen LogP contribution in [0.3, 0.4) is 0 Å². The summed E-state index contributed by atoms with van der Waals surface area (Å²) in [7, 11) is 0. The van der Waals surface area contributed by atoms with Crippen LogP contribution in [0.1, 0.15) is 122 Å². The fourth-order valence-electron chi connectivity index (χ4n) is 4.14. The van der Waals surface area contributed by atoms with E-state index in [0.717, 1.165) is 19.3 Å². The molecule has 8 heteroatoms. The van der Waals surface area contributed by atoms with E-state index in [1.165, 1.54) is 89.6 Å². The van der Waals surface area contributed by atoms with E-state index in [9.17, 15) is 19.5 Å². The number of amides is 2. The fourth-order valence-corrected chi connectivity index (χ4v) is 4.14. The molecule has 1 rings (SSSR count). The Morgan fingerprint density at radius 1 is 0.829 bits per heavy atom. The van der Waals surface area contributed by atoms with Gasteiger partial charge in [0.15, 0.2) is 0 Å². The number of carboxylic acid groups (broad SMARTS) is 1. The minimum atomic E-state index is -1.36. The third-order valence-electron chi connectivity index (χ3n) is 6.28. The van der Waals surface area contributed by atoms with Crippen molar-refractivity contribution in [2.45, 2.75) is 129 Å². The molecule has 0 spiro atoms. The SMILES string of the molecule is CCCCCCCCCCCCCCCCCC(=O)NCCC(=O)NC(Cc1cnc[nH]1)C(=O)[O-]. The van der Waals surface area contributed by atoms with Gasteiger partial charge in [-0.25, -0.2) is 4.98 Å². The number of nitrogens with zero attached hydrogens (tertiary/aromatic N) is 1. The van der Waals surface area contributed by atoms with Crippen LogP contribution in [0.2, 0.25) is 0 Å². The van der Waals surface area contributed by atoms with Gasteiger partial charge in [0.25, 0.3) is 0 Å². The quantitative estimate of drug-likeness (QED) is 0.200. The highest BCUT2D eigenvalue weighted by atomic mass is 16.4. The second-order valence-corrected chi connectivity index (χ2v) is 9.52. The maximum Gasteiger partial charge on any atom is 0.222 e. The minimum Gasteiger partial charge on any atom is -0.548 e. The zero-order chi connectivity index (χ0) is 25.6. The number of hydrogen-bond acceptors (Lipinski definition) is 5. The summed E-state index contributed by atoms with van der Waals surface area (Å²) in [4.78, 5) is 41.8. The van der Waals surface area contributed by atoms with E-state index in [1.54, 1.807) is 0 Å². The Bertz CT molecular complexity index is 679. The summed E-state index contributed by atoms with van der Waals surface area (Å²) in [6.07, 6.45) is 22.8. The molecule has 35 heavy (non-hydrogen) atoms. The highest BCUT2D eigenvalue weighted by molar-refractivity contribution is 5.83. The van der Waals surface area contributed by atoms with Crippen LogP contribution in [0.15, 0.2) is 12.5 Å². The van der Waals surface area contributed by atoms with E-state index < -0.39 is 17.9 Å². The molecule has 8 nitrogen and oxygen atoms in total. The van der Waals surface area contributed by atoms with Crippen LogP contribution < -0.4 is 15.7 Å². The van der Waals surface area contributed by atoms with Gasteiger partial charge >= 0.3 is 0 Å². The molecule has 1 unspecified atom stereocenters. The third kappa shape index (κ3) is 17.7. The standard InChI is InChI=1S/C27H48N4O4/c1-2-3-4-5-6-7-8-9-10-11-12-13-14-15-16-17-25(32)29-19-18-26(33)31-24(27(34)35)20-23-21-28-22-30-23/h21-22,24H,2-20H2,1H3,(H,28,30)(H,29,32)(H,31,33)(H,34,35)/p-1. The first kappa shape index (κ1) is 30.7. The molecule has 1 aromatic rings. The average Bonchev–Trinajstić information content (AvgIpc) is 3.34. The molecule has 0 aliphatic rings. The summed E-state index contributed by atoms with van der Waals surface area (Å²) in [5.74, 6) is -1.86. The summed E-state index contributed by atoms with van der Waals surface area (Å²) < 4.78 is 0. The van der Waals surface area contributed by atoms with Crippen molar-refractivity contribution in [1.29, 1.82) is 0 Å². The minimum absolute atomic E-state index is 0.0252. The Kier molecular flexibility index (Phi) is 18.3. The Morgan fingerprint density at radius 3 is 1.86 bits per heavy atom. The van der Waals surface area contributed by atoms with E-state index >= 15 is 0 Å². The van der Waals surface area contributed by atoms with Crippen molar-refractivity contribution in [2.24, 2.45) is 0 Å². The molecule has 0 aromatic carbocycles. The predicted octanol–water partition coefficient (Wildman–Crippen LogP) is 3.95. The van der Waals surface area contributed by atoms with Gasteiger partial charge in [-0.3, -0.25) is 9.59 Å². The number of hydrogen-bond donors (Lipinski definition) is 3. The normalized spacial score (nSPS) is 11.8. The van der Waals surface area contributed by atoms with Crippen LogP contribution in [0.4, 0.5) is 0 Å². The van der Waals surface area contributed by atoms with Crippen LogP contribution in [-0.2, 0) is 20.8 Å². The largest absolute Gasteiger partial charge is 0.548 e. The van der Waals surface area contributed by atoms with Gasteiger partial charge in [0.2, 0.25) is 11.8 Å². The van der Waals surface area contributed by atoms with Crippen LogP contribution in [0, 0.1) is 0 Å². The number of H-pyrrole nitrogens is 1. The zero-order valence-corrected chi connectivity index (χ0v) is 21.7. The maximum atomic E-state index is 12.0. The molecule has 1 atom stereocenters. The lowest BCUT2D eigenvalue weighted by Gasteiger charge is -2.19. The summed E-state index contributed by atoms with van der Waals surface area (Å²) in [6.45, 7) is 2.45. The van der Waals surface area contributed by atoms with E-state index in [4.69, 9.17) is 0 Å². The first-order valence-electron chi connectivity index (χ1n) is 13.8. The molecular weight excluding hydrogens is 444 g/mol. The molecular formula is C27H47N4O4-. The summed E-state index contributed by atoms with van der Waals surface area (Å²) in [5.41, 5.74) is 0.594. The van der Waals surface area contributed by atoms with Gasteiger partial charge in [0, 0.05) is 37.7 Å². The van der Waals surface area contributed by atoms with Gasteiger partial charge in [0.1, 0.15) is 0 Å². The van der Waals surface area contributed by atoms with E-state index in [-0.39, 0.29) is 25.3 Å². The van der Waals surface area contributed by atoms with Crippen LogP contribution in [0.25, 0.3) is 0 Å². The number of aliphatic carboxylic acids is 1. The molecule has 200 valence electrons. The van der Waals surface area contributed by atoms with E-state index in [2.05, 4.69) is 27.5 Å². The number of rotatable bonds is 23. The predicted molar refractivity (Wildman–Crippen MR) is 136 cm³/mol. The Hall–Kier alpha value is -2.38. The monoisotopic (exact) mass is 491 g/mol. The van der Waals surface area contributed by atoms with Gasteiger partial charge in [0.05, 0.1) is 18.3 Å². The number of carbonyl (C=O) groups is 3. The highest BCUT2D eigenvalue weighted by Gasteiger charge is 2.15. The summed E-state index contributed by atoms with van der Waals surface area (Å²) in [6, 6.07) is -1.14. The lowest BCUT2D eigenvalue weighted by atomic mass is 10.0. The maximum absolute atomic E-state index is 12.0. The van der Waals surface area contributed by atoms with Gasteiger partial charge in [-0.1, -0.05) is 96.8 Å². The first-order valence-corrected chi connectivity index (χ1v) is 13.8. The molecule has 1 aromatic heterocycles. The zero-order valence-electron chi connectivity index (χ0n) is 21.7. The van der Waals surface area contributed by atoms with E-state index in [0.29, 0.717) is 12.1 Å². The smallest absolute Gasteiger partial charge is 0.222 e. The Morgan fingerprint density at radius 2 is 1.37 bits per heavy atom. The topological polar surface area (TPSA) is 127 Å². The number of imidazole rings is 1. The number of nitrogens with one attached hydrogen (secondary N) is 3. The molecule has 1 heterocycles. The first-order chi connectivity index (χ1) is 17.0. The highest BCUT2D eigenvalue weighted by Crippen LogP contribution is 2.13. The molecule has 0 aliphatic carbocycles. The number of aromatic nitrogens is 2. The molecule has 0 aliphatic heterocycles. The molecule has 0 saturated carbocycles. The van der Waals surface area contributed by atoms with Crippen molar-refractivity contribution in [3.63, 3.8) is 0 Å². The molecule has 0 bridgehead atoms. The number of carboxylic acids is 1. The fraction of sp³-hybridized carbons (Fsp3) is 0.778. The lowest BCUT2D eigenvalue weighted by molar-refractivity contribution is -0.308. The molecule has 0 saturated heterocycles. The lowest BCUT2D eigenvalue weighted by Crippen LogP contribution is -2.49. The second kappa shape index (κ2) is 20.9. The van der Waals surface area contributed by atoms with Gasteiger partial charge in [-0.05, 0) is 6.42 Å². The van der Waals surface area contributed by atoms with Gasteiger partial charge < -0.3 is 25.5 Å².